The molecule has 2 aromatic heterocycles. The van der Waals surface area contributed by atoms with E-state index in [-0.39, 0.29) is 6.42 Å². The highest BCUT2D eigenvalue weighted by molar-refractivity contribution is 5.89. The summed E-state index contributed by atoms with van der Waals surface area (Å²) in [6.07, 6.45) is 4.60. The number of hydrogen-bond donors (Lipinski definition) is 2. The Morgan fingerprint density at radius 2 is 2.00 bits per heavy atom. The number of nitrogens with one attached hydrogen (secondary N) is 1. The highest BCUT2D eigenvalue weighted by Crippen LogP contribution is 2.23. The number of carbonyl (C=O) groups is 1. The molecule has 0 amide bonds. The van der Waals surface area contributed by atoms with Crippen molar-refractivity contribution >= 4 is 17.0 Å². The average Bonchev–Trinajstić information content (AvgIpc) is 2.87. The van der Waals surface area contributed by atoms with Crippen LogP contribution in [0.2, 0.25) is 0 Å². The fourth-order valence-corrected chi connectivity index (χ4v) is 1.91. The number of imidazole rings is 1. The molecule has 19 heavy (non-hydrogen) atoms. The minimum absolute atomic E-state index is 0.0765. The molecule has 0 fully saturated rings. The third-order valence-electron chi connectivity index (χ3n) is 2.75. The number of benzene rings is 1. The van der Waals surface area contributed by atoms with Crippen molar-refractivity contribution in [1.29, 1.82) is 0 Å². The molecule has 3 rings (SSSR count). The van der Waals surface area contributed by atoms with Crippen LogP contribution >= 0.6 is 0 Å². The van der Waals surface area contributed by atoms with E-state index in [2.05, 4.69) is 19.9 Å². The van der Waals surface area contributed by atoms with Gasteiger partial charge in [-0.1, -0.05) is 6.07 Å². The van der Waals surface area contributed by atoms with Crippen molar-refractivity contribution in [3.05, 3.63) is 42.5 Å². The SMILES string of the molecule is O=C(O)Cc1cnc(-c2cccc3[nH]cnc23)nc1. The maximum atomic E-state index is 10.6. The fourth-order valence-electron chi connectivity index (χ4n) is 1.91. The number of aromatic nitrogens is 4. The van der Waals surface area contributed by atoms with Crippen LogP contribution in [-0.4, -0.2) is 31.0 Å². The maximum absolute atomic E-state index is 10.6. The van der Waals surface area contributed by atoms with Gasteiger partial charge in [0.15, 0.2) is 5.82 Å². The summed E-state index contributed by atoms with van der Waals surface area (Å²) in [5.74, 6) is -0.363. The van der Waals surface area contributed by atoms with Gasteiger partial charge >= 0.3 is 5.97 Å². The van der Waals surface area contributed by atoms with Crippen molar-refractivity contribution in [2.24, 2.45) is 0 Å². The van der Waals surface area contributed by atoms with Gasteiger partial charge in [0, 0.05) is 18.0 Å². The molecule has 0 atom stereocenters. The van der Waals surface area contributed by atoms with Crippen molar-refractivity contribution in [2.45, 2.75) is 6.42 Å². The molecule has 0 bridgehead atoms. The Morgan fingerprint density at radius 1 is 1.21 bits per heavy atom. The van der Waals surface area contributed by atoms with Crippen LogP contribution in [-0.2, 0) is 11.2 Å². The molecular formula is C13H10N4O2. The number of nitrogens with zero attached hydrogens (tertiary/aromatic N) is 3. The van der Waals surface area contributed by atoms with Crippen LogP contribution in [0.3, 0.4) is 0 Å². The summed E-state index contributed by atoms with van der Waals surface area (Å²) in [5, 5.41) is 8.70. The quantitative estimate of drug-likeness (QED) is 0.741. The van der Waals surface area contributed by atoms with Gasteiger partial charge in [-0.15, -0.1) is 0 Å². The largest absolute Gasteiger partial charge is 0.481 e. The molecule has 2 heterocycles. The standard InChI is InChI=1S/C13H10N4O2/c18-11(19)4-8-5-14-13(15-6-8)9-2-1-3-10-12(9)17-7-16-10/h1-3,5-7H,4H2,(H,16,17)(H,18,19). The van der Waals surface area contributed by atoms with E-state index in [0.29, 0.717) is 11.4 Å². The molecule has 0 saturated heterocycles. The van der Waals surface area contributed by atoms with E-state index in [1.54, 1.807) is 6.33 Å². The zero-order valence-corrected chi connectivity index (χ0v) is 9.87. The first kappa shape index (κ1) is 11.3. The zero-order chi connectivity index (χ0) is 13.2. The minimum atomic E-state index is -0.897. The lowest BCUT2D eigenvalue weighted by molar-refractivity contribution is -0.136. The second-order valence-corrected chi connectivity index (χ2v) is 4.09. The predicted octanol–water partition coefficient (Wildman–Crippen LogP) is 1.65. The molecule has 0 aliphatic rings. The molecule has 0 unspecified atom stereocenters. The topological polar surface area (TPSA) is 91.8 Å². The lowest BCUT2D eigenvalue weighted by Crippen LogP contribution is -2.01. The highest BCUT2D eigenvalue weighted by atomic mass is 16.4. The number of aliphatic carboxylic acids is 1. The fraction of sp³-hybridized carbons (Fsp3) is 0.0769. The van der Waals surface area contributed by atoms with Gasteiger partial charge in [-0.3, -0.25) is 4.79 Å². The van der Waals surface area contributed by atoms with Gasteiger partial charge in [0.05, 0.1) is 23.8 Å². The van der Waals surface area contributed by atoms with Crippen LogP contribution < -0.4 is 0 Å². The van der Waals surface area contributed by atoms with Crippen molar-refractivity contribution in [3.8, 4) is 11.4 Å². The van der Waals surface area contributed by atoms with Gasteiger partial charge in [-0.05, 0) is 17.7 Å². The van der Waals surface area contributed by atoms with Gasteiger partial charge in [-0.2, -0.15) is 0 Å². The molecule has 6 heteroatoms. The molecule has 0 aliphatic carbocycles. The Labute approximate surface area is 108 Å². The van der Waals surface area contributed by atoms with Crippen LogP contribution in [0, 0.1) is 0 Å². The van der Waals surface area contributed by atoms with E-state index in [1.807, 2.05) is 18.2 Å². The van der Waals surface area contributed by atoms with Gasteiger partial charge < -0.3 is 10.1 Å². The molecule has 3 aromatic rings. The van der Waals surface area contributed by atoms with E-state index < -0.39 is 5.97 Å². The summed E-state index contributed by atoms with van der Waals surface area (Å²) in [6.45, 7) is 0. The van der Waals surface area contributed by atoms with Gasteiger partial charge in [0.1, 0.15) is 0 Å². The second-order valence-electron chi connectivity index (χ2n) is 4.09. The number of rotatable bonds is 3. The number of H-pyrrole nitrogens is 1. The summed E-state index contributed by atoms with van der Waals surface area (Å²) in [4.78, 5) is 26.3. The summed E-state index contributed by atoms with van der Waals surface area (Å²) in [6, 6.07) is 5.70. The Morgan fingerprint density at radius 3 is 2.74 bits per heavy atom. The molecule has 94 valence electrons. The van der Waals surface area contributed by atoms with Crippen LogP contribution in [0.1, 0.15) is 5.56 Å². The zero-order valence-electron chi connectivity index (χ0n) is 9.87. The number of carboxylic acids is 1. The molecule has 0 aliphatic heterocycles. The van der Waals surface area contributed by atoms with Crippen LogP contribution in [0.25, 0.3) is 22.4 Å². The molecule has 1 aromatic carbocycles. The lowest BCUT2D eigenvalue weighted by atomic mass is 10.1. The van der Waals surface area contributed by atoms with E-state index in [4.69, 9.17) is 5.11 Å². The normalized spacial score (nSPS) is 10.7. The Bertz CT molecular complexity index is 734. The summed E-state index contributed by atoms with van der Waals surface area (Å²) >= 11 is 0. The van der Waals surface area contributed by atoms with Crippen LogP contribution in [0.4, 0.5) is 0 Å². The smallest absolute Gasteiger partial charge is 0.307 e. The Hall–Kier alpha value is -2.76. The average molecular weight is 254 g/mol. The van der Waals surface area contributed by atoms with Crippen molar-refractivity contribution in [1.82, 2.24) is 19.9 Å². The second kappa shape index (κ2) is 4.49. The van der Waals surface area contributed by atoms with Crippen LogP contribution in [0.5, 0.6) is 0 Å². The predicted molar refractivity (Wildman–Crippen MR) is 68.5 cm³/mol. The summed E-state index contributed by atoms with van der Waals surface area (Å²) in [7, 11) is 0. The molecule has 0 saturated carbocycles. The summed E-state index contributed by atoms with van der Waals surface area (Å²) in [5.41, 5.74) is 3.11. The van der Waals surface area contributed by atoms with E-state index in [0.717, 1.165) is 16.6 Å². The third kappa shape index (κ3) is 2.15. The Balaban J connectivity index is 2.02. The van der Waals surface area contributed by atoms with Gasteiger partial charge in [0.2, 0.25) is 0 Å². The van der Waals surface area contributed by atoms with E-state index >= 15 is 0 Å². The lowest BCUT2D eigenvalue weighted by Gasteiger charge is -2.02. The number of fused-ring (bicyclic) bond motifs is 1. The van der Waals surface area contributed by atoms with Gasteiger partial charge in [-0.25, -0.2) is 15.0 Å². The Kier molecular flexibility index (Phi) is 2.68. The highest BCUT2D eigenvalue weighted by Gasteiger charge is 2.09. The molecule has 6 nitrogen and oxygen atoms in total. The first-order valence-corrected chi connectivity index (χ1v) is 5.69. The van der Waals surface area contributed by atoms with Crippen molar-refractivity contribution in [2.75, 3.05) is 0 Å². The molecule has 0 radical (unpaired) electrons. The molecule has 0 spiro atoms. The van der Waals surface area contributed by atoms with Crippen LogP contribution in [0.15, 0.2) is 36.9 Å². The molecular weight excluding hydrogens is 244 g/mol. The van der Waals surface area contributed by atoms with E-state index in [9.17, 15) is 4.79 Å². The molecule has 2 N–H and O–H groups in total. The first-order chi connectivity index (χ1) is 9.24. The van der Waals surface area contributed by atoms with Gasteiger partial charge in [0.25, 0.3) is 0 Å². The number of carboxylic acid groups (broad SMARTS) is 1. The maximum Gasteiger partial charge on any atom is 0.307 e. The monoisotopic (exact) mass is 254 g/mol. The first-order valence-electron chi connectivity index (χ1n) is 5.69. The van der Waals surface area contributed by atoms with Crippen molar-refractivity contribution in [3.63, 3.8) is 0 Å². The van der Waals surface area contributed by atoms with E-state index in [1.165, 1.54) is 12.4 Å². The number of para-hydroxylation sites is 1. The minimum Gasteiger partial charge on any atom is -0.481 e. The third-order valence-corrected chi connectivity index (χ3v) is 2.75. The summed E-state index contributed by atoms with van der Waals surface area (Å²) < 4.78 is 0. The number of hydrogen-bond acceptors (Lipinski definition) is 4. The van der Waals surface area contributed by atoms with Crippen molar-refractivity contribution < 1.29 is 9.90 Å². The number of aromatic amines is 1.